The molecule has 0 aromatic heterocycles. The summed E-state index contributed by atoms with van der Waals surface area (Å²) in [5.74, 6) is -0.288. The molecule has 94 valence electrons. The van der Waals surface area contributed by atoms with Gasteiger partial charge in [0.05, 0.1) is 0 Å². The quantitative estimate of drug-likeness (QED) is 0.612. The summed E-state index contributed by atoms with van der Waals surface area (Å²) in [6, 6.07) is 17.3. The first kappa shape index (κ1) is 13.0. The molecular weight excluding hydrogens is 236 g/mol. The molecule has 0 heterocycles. The molecule has 0 N–H and O–H groups in total. The Labute approximate surface area is 112 Å². The number of rotatable bonds is 4. The van der Waals surface area contributed by atoms with E-state index in [4.69, 9.17) is 0 Å². The molecule has 0 fully saturated rings. The highest BCUT2D eigenvalue weighted by molar-refractivity contribution is 6.07. The van der Waals surface area contributed by atoms with Gasteiger partial charge in [0.15, 0.2) is 11.6 Å². The largest absolute Gasteiger partial charge is 0.295 e. The van der Waals surface area contributed by atoms with Crippen LogP contribution in [0.3, 0.4) is 0 Å². The van der Waals surface area contributed by atoms with Gasteiger partial charge in [-0.05, 0) is 30.2 Å². The highest BCUT2D eigenvalue weighted by Gasteiger charge is 2.02. The molecule has 19 heavy (non-hydrogen) atoms. The topological polar surface area (TPSA) is 34.1 Å². The van der Waals surface area contributed by atoms with Crippen molar-refractivity contribution in [2.45, 2.75) is 6.92 Å². The van der Waals surface area contributed by atoms with E-state index in [9.17, 15) is 9.59 Å². The number of carbonyl (C=O) groups excluding carboxylic acids is 2. The Morgan fingerprint density at radius 1 is 0.789 bits per heavy atom. The average Bonchev–Trinajstić information content (AvgIpc) is 2.46. The van der Waals surface area contributed by atoms with Gasteiger partial charge in [-0.3, -0.25) is 9.59 Å². The lowest BCUT2D eigenvalue weighted by Crippen LogP contribution is -1.95. The molecule has 2 heteroatoms. The first-order chi connectivity index (χ1) is 9.16. The normalized spacial score (nSPS) is 10.6. The fourth-order valence-electron chi connectivity index (χ4n) is 1.75. The highest BCUT2D eigenvalue weighted by atomic mass is 16.1. The first-order valence-electron chi connectivity index (χ1n) is 6.05. The van der Waals surface area contributed by atoms with Crippen molar-refractivity contribution in [3.63, 3.8) is 0 Å². The monoisotopic (exact) mass is 250 g/mol. The van der Waals surface area contributed by atoms with Crippen molar-refractivity contribution in [3.8, 4) is 11.1 Å². The summed E-state index contributed by atoms with van der Waals surface area (Å²) in [5, 5.41) is 0. The molecular formula is C17H14O2. The van der Waals surface area contributed by atoms with Crippen LogP contribution in [0.25, 0.3) is 11.1 Å². The van der Waals surface area contributed by atoms with Gasteiger partial charge >= 0.3 is 0 Å². The van der Waals surface area contributed by atoms with E-state index in [2.05, 4.69) is 0 Å². The minimum atomic E-state index is -0.158. The van der Waals surface area contributed by atoms with Gasteiger partial charge in [0.2, 0.25) is 0 Å². The summed E-state index contributed by atoms with van der Waals surface area (Å²) < 4.78 is 0. The van der Waals surface area contributed by atoms with Crippen LogP contribution in [0.15, 0.2) is 66.7 Å². The summed E-state index contributed by atoms with van der Waals surface area (Å²) >= 11 is 0. The third-order valence-corrected chi connectivity index (χ3v) is 2.75. The lowest BCUT2D eigenvalue weighted by molar-refractivity contribution is -0.112. The van der Waals surface area contributed by atoms with Crippen LogP contribution in [0.2, 0.25) is 0 Å². The van der Waals surface area contributed by atoms with Gasteiger partial charge in [-0.2, -0.15) is 0 Å². The summed E-state index contributed by atoms with van der Waals surface area (Å²) in [4.78, 5) is 22.5. The van der Waals surface area contributed by atoms with Crippen molar-refractivity contribution in [1.82, 2.24) is 0 Å². The van der Waals surface area contributed by atoms with E-state index in [0.717, 1.165) is 11.1 Å². The summed E-state index contributed by atoms with van der Waals surface area (Å²) in [6.45, 7) is 1.42. The van der Waals surface area contributed by atoms with Crippen molar-refractivity contribution < 1.29 is 9.59 Å². The maximum absolute atomic E-state index is 11.8. The molecule has 0 atom stereocenters. The predicted molar refractivity (Wildman–Crippen MR) is 76.0 cm³/mol. The Hall–Kier alpha value is -2.48. The molecule has 0 saturated heterocycles. The van der Waals surface area contributed by atoms with Gasteiger partial charge in [-0.15, -0.1) is 0 Å². The van der Waals surface area contributed by atoms with E-state index in [0.29, 0.717) is 5.56 Å². The Morgan fingerprint density at radius 2 is 1.37 bits per heavy atom. The zero-order chi connectivity index (χ0) is 13.7. The molecule has 0 aliphatic carbocycles. The van der Waals surface area contributed by atoms with Gasteiger partial charge in [-0.25, -0.2) is 0 Å². The second-order valence-electron chi connectivity index (χ2n) is 4.25. The smallest absolute Gasteiger partial charge is 0.185 e. The Morgan fingerprint density at radius 3 is 1.95 bits per heavy atom. The van der Waals surface area contributed by atoms with Crippen LogP contribution in [-0.2, 0) is 4.79 Å². The molecule has 2 aromatic carbocycles. The van der Waals surface area contributed by atoms with Gasteiger partial charge < -0.3 is 0 Å². The van der Waals surface area contributed by atoms with Crippen molar-refractivity contribution in [2.24, 2.45) is 0 Å². The maximum atomic E-state index is 11.8. The van der Waals surface area contributed by atoms with Crippen LogP contribution in [0.4, 0.5) is 0 Å². The number of carbonyl (C=O) groups is 2. The van der Waals surface area contributed by atoms with Crippen LogP contribution in [0, 0.1) is 0 Å². The molecule has 0 radical (unpaired) electrons. The zero-order valence-electron chi connectivity index (χ0n) is 10.7. The van der Waals surface area contributed by atoms with Gasteiger partial charge in [0.25, 0.3) is 0 Å². The second-order valence-corrected chi connectivity index (χ2v) is 4.25. The number of allylic oxidation sites excluding steroid dienone is 2. The minimum Gasteiger partial charge on any atom is -0.295 e. The Kier molecular flexibility index (Phi) is 4.04. The molecule has 2 aromatic rings. The van der Waals surface area contributed by atoms with Crippen molar-refractivity contribution in [1.29, 1.82) is 0 Å². The number of benzene rings is 2. The number of hydrogen-bond donors (Lipinski definition) is 0. The SMILES string of the molecule is CC(=O)/C=C\C(=O)c1ccc(-c2ccccc2)cc1. The van der Waals surface area contributed by atoms with Crippen LogP contribution in [0.5, 0.6) is 0 Å². The zero-order valence-corrected chi connectivity index (χ0v) is 10.7. The number of ketones is 2. The van der Waals surface area contributed by atoms with E-state index in [-0.39, 0.29) is 11.6 Å². The van der Waals surface area contributed by atoms with Crippen LogP contribution >= 0.6 is 0 Å². The molecule has 0 unspecified atom stereocenters. The highest BCUT2D eigenvalue weighted by Crippen LogP contribution is 2.19. The molecule has 0 aliphatic rings. The fraction of sp³-hybridized carbons (Fsp3) is 0.0588. The summed E-state index contributed by atoms with van der Waals surface area (Å²) in [7, 11) is 0. The van der Waals surface area contributed by atoms with E-state index in [1.165, 1.54) is 19.1 Å². The minimum absolute atomic E-state index is 0.130. The third kappa shape index (κ3) is 3.49. The van der Waals surface area contributed by atoms with Crippen molar-refractivity contribution in [2.75, 3.05) is 0 Å². The van der Waals surface area contributed by atoms with Gasteiger partial charge in [-0.1, -0.05) is 54.6 Å². The molecule has 0 amide bonds. The lowest BCUT2D eigenvalue weighted by atomic mass is 10.0. The molecule has 0 spiro atoms. The molecule has 0 bridgehead atoms. The Balaban J connectivity index is 2.19. The molecule has 2 rings (SSSR count). The molecule has 2 nitrogen and oxygen atoms in total. The third-order valence-electron chi connectivity index (χ3n) is 2.75. The molecule has 0 aliphatic heterocycles. The van der Waals surface area contributed by atoms with E-state index in [1.807, 2.05) is 42.5 Å². The molecule has 0 saturated carbocycles. The van der Waals surface area contributed by atoms with E-state index in [1.54, 1.807) is 12.1 Å². The fourth-order valence-corrected chi connectivity index (χ4v) is 1.75. The number of hydrogen-bond acceptors (Lipinski definition) is 2. The standard InChI is InChI=1S/C17H14O2/c1-13(18)7-12-17(19)16-10-8-15(9-11-16)14-5-3-2-4-6-14/h2-12H,1H3/b12-7-. The van der Waals surface area contributed by atoms with Crippen LogP contribution in [-0.4, -0.2) is 11.6 Å². The van der Waals surface area contributed by atoms with Crippen LogP contribution in [0.1, 0.15) is 17.3 Å². The second kappa shape index (κ2) is 5.91. The van der Waals surface area contributed by atoms with Gasteiger partial charge in [0.1, 0.15) is 0 Å². The summed E-state index contributed by atoms with van der Waals surface area (Å²) in [6.07, 6.45) is 2.59. The van der Waals surface area contributed by atoms with Gasteiger partial charge in [0, 0.05) is 5.56 Å². The van der Waals surface area contributed by atoms with E-state index >= 15 is 0 Å². The van der Waals surface area contributed by atoms with Crippen LogP contribution < -0.4 is 0 Å². The average molecular weight is 250 g/mol. The lowest BCUT2D eigenvalue weighted by Gasteiger charge is -2.02. The predicted octanol–water partition coefficient (Wildman–Crippen LogP) is 3.68. The van der Waals surface area contributed by atoms with Crippen molar-refractivity contribution in [3.05, 3.63) is 72.3 Å². The van der Waals surface area contributed by atoms with Crippen molar-refractivity contribution >= 4 is 11.6 Å². The maximum Gasteiger partial charge on any atom is 0.185 e. The summed E-state index contributed by atoms with van der Waals surface area (Å²) in [5.41, 5.74) is 2.76. The van der Waals surface area contributed by atoms with E-state index < -0.39 is 0 Å². The first-order valence-corrected chi connectivity index (χ1v) is 6.05. The Bertz CT molecular complexity index is 607.